The Kier molecular flexibility index (Phi) is 3.69. The molecule has 1 aromatic rings. The zero-order chi connectivity index (χ0) is 15.2. The summed E-state index contributed by atoms with van der Waals surface area (Å²) in [4.78, 5) is 6.03. The average Bonchev–Trinajstić information content (AvgIpc) is 2.82. The standard InChI is InChI=1S/C13H14F2N2O2S2/c1-2-20-13-16-10-6-21(18,19)7-12(10)17(13)11-4-3-8(14)5-9(11)15/h3-5,10,12H,2,6-7H2,1H3/t10-,12+/m0/s1. The summed E-state index contributed by atoms with van der Waals surface area (Å²) in [5.41, 5.74) is 0.181. The molecule has 1 aromatic carbocycles. The van der Waals surface area contributed by atoms with Gasteiger partial charge in [0, 0.05) is 6.07 Å². The van der Waals surface area contributed by atoms with Gasteiger partial charge >= 0.3 is 0 Å². The normalized spacial score (nSPS) is 26.8. The molecule has 2 heterocycles. The van der Waals surface area contributed by atoms with E-state index in [1.165, 1.54) is 23.9 Å². The summed E-state index contributed by atoms with van der Waals surface area (Å²) in [6.45, 7) is 1.94. The maximum Gasteiger partial charge on any atom is 0.164 e. The van der Waals surface area contributed by atoms with Gasteiger partial charge in [-0.25, -0.2) is 17.2 Å². The van der Waals surface area contributed by atoms with Crippen LogP contribution < -0.4 is 4.90 Å². The molecular weight excluding hydrogens is 318 g/mol. The minimum Gasteiger partial charge on any atom is -0.312 e. The van der Waals surface area contributed by atoms with Crippen LogP contribution in [0.4, 0.5) is 14.5 Å². The summed E-state index contributed by atoms with van der Waals surface area (Å²) in [5.74, 6) is -0.682. The first kappa shape index (κ1) is 14.8. The highest BCUT2D eigenvalue weighted by Gasteiger charge is 2.47. The fourth-order valence-corrected chi connectivity index (χ4v) is 5.41. The summed E-state index contributed by atoms with van der Waals surface area (Å²) in [6.07, 6.45) is 0. The second kappa shape index (κ2) is 5.24. The quantitative estimate of drug-likeness (QED) is 0.832. The first-order valence-electron chi connectivity index (χ1n) is 6.56. The minimum atomic E-state index is -3.16. The lowest BCUT2D eigenvalue weighted by Gasteiger charge is -2.26. The first-order valence-corrected chi connectivity index (χ1v) is 9.37. The molecule has 0 aromatic heterocycles. The molecule has 0 N–H and O–H groups in total. The Bertz CT molecular complexity index is 706. The van der Waals surface area contributed by atoms with Crippen LogP contribution in [0.15, 0.2) is 23.2 Å². The fourth-order valence-electron chi connectivity index (χ4n) is 2.72. The monoisotopic (exact) mass is 332 g/mol. The van der Waals surface area contributed by atoms with Crippen molar-refractivity contribution >= 4 is 32.5 Å². The third-order valence-electron chi connectivity index (χ3n) is 3.55. The van der Waals surface area contributed by atoms with Crippen molar-refractivity contribution in [3.63, 3.8) is 0 Å². The SMILES string of the molecule is CCSC1=N[C@H]2CS(=O)(=O)C[C@H]2N1c1ccc(F)cc1F. The number of anilines is 1. The summed E-state index contributed by atoms with van der Waals surface area (Å²) >= 11 is 1.43. The van der Waals surface area contributed by atoms with Gasteiger partial charge in [-0.3, -0.25) is 4.99 Å². The molecule has 2 aliphatic heterocycles. The van der Waals surface area contributed by atoms with E-state index in [0.29, 0.717) is 5.17 Å². The van der Waals surface area contributed by atoms with Crippen molar-refractivity contribution in [1.29, 1.82) is 0 Å². The van der Waals surface area contributed by atoms with Gasteiger partial charge < -0.3 is 4.90 Å². The number of benzene rings is 1. The number of aliphatic imine (C=N–C) groups is 1. The van der Waals surface area contributed by atoms with Gasteiger partial charge in [0.2, 0.25) is 0 Å². The number of rotatable bonds is 2. The summed E-state index contributed by atoms with van der Waals surface area (Å²) in [7, 11) is -3.16. The zero-order valence-electron chi connectivity index (χ0n) is 11.3. The van der Waals surface area contributed by atoms with Crippen LogP contribution in [0.3, 0.4) is 0 Å². The Hall–Kier alpha value is -1.15. The predicted molar refractivity (Wildman–Crippen MR) is 80.6 cm³/mol. The molecule has 0 amide bonds. The second-order valence-corrected chi connectivity index (χ2v) is 8.41. The van der Waals surface area contributed by atoms with Crippen molar-refractivity contribution in [3.8, 4) is 0 Å². The Balaban J connectivity index is 2.03. The van der Waals surface area contributed by atoms with Crippen molar-refractivity contribution in [3.05, 3.63) is 29.8 Å². The zero-order valence-corrected chi connectivity index (χ0v) is 12.9. The molecule has 2 aliphatic rings. The third kappa shape index (κ3) is 2.66. The van der Waals surface area contributed by atoms with Gasteiger partial charge in [-0.15, -0.1) is 0 Å². The summed E-state index contributed by atoms with van der Waals surface area (Å²) < 4.78 is 50.7. The maximum absolute atomic E-state index is 14.1. The van der Waals surface area contributed by atoms with Gasteiger partial charge in [-0.1, -0.05) is 18.7 Å². The van der Waals surface area contributed by atoms with Crippen LogP contribution in [-0.4, -0.2) is 42.9 Å². The number of amidine groups is 1. The predicted octanol–water partition coefficient (Wildman–Crippen LogP) is 2.06. The largest absolute Gasteiger partial charge is 0.312 e. The molecule has 0 radical (unpaired) electrons. The Morgan fingerprint density at radius 3 is 2.81 bits per heavy atom. The number of halogens is 2. The van der Waals surface area contributed by atoms with E-state index in [9.17, 15) is 17.2 Å². The van der Waals surface area contributed by atoms with Gasteiger partial charge in [0.05, 0.1) is 29.3 Å². The van der Waals surface area contributed by atoms with Gasteiger partial charge in [0.15, 0.2) is 15.0 Å². The first-order chi connectivity index (χ1) is 9.91. The van der Waals surface area contributed by atoms with Crippen molar-refractivity contribution in [2.24, 2.45) is 4.99 Å². The molecule has 8 heteroatoms. The molecule has 3 rings (SSSR count). The summed E-state index contributed by atoms with van der Waals surface area (Å²) in [5, 5.41) is 0.605. The number of thioether (sulfide) groups is 1. The number of hydrogen-bond donors (Lipinski definition) is 0. The Labute approximate surface area is 126 Å². The number of nitrogens with zero attached hydrogens (tertiary/aromatic N) is 2. The lowest BCUT2D eigenvalue weighted by Crippen LogP contribution is -2.39. The maximum atomic E-state index is 14.1. The second-order valence-electron chi connectivity index (χ2n) is 5.02. The number of fused-ring (bicyclic) bond motifs is 1. The highest BCUT2D eigenvalue weighted by atomic mass is 32.2. The molecule has 1 saturated heterocycles. The van der Waals surface area contributed by atoms with E-state index in [2.05, 4.69) is 4.99 Å². The Morgan fingerprint density at radius 2 is 2.14 bits per heavy atom. The van der Waals surface area contributed by atoms with E-state index >= 15 is 0 Å². The van der Waals surface area contributed by atoms with E-state index in [4.69, 9.17) is 0 Å². The van der Waals surface area contributed by atoms with Crippen molar-refractivity contribution in [1.82, 2.24) is 0 Å². The highest BCUT2D eigenvalue weighted by molar-refractivity contribution is 8.14. The van der Waals surface area contributed by atoms with Crippen LogP contribution in [0.1, 0.15) is 6.92 Å². The molecule has 0 spiro atoms. The van der Waals surface area contributed by atoms with Gasteiger partial charge in [0.1, 0.15) is 11.6 Å². The fraction of sp³-hybridized carbons (Fsp3) is 0.462. The van der Waals surface area contributed by atoms with E-state index in [-0.39, 0.29) is 23.2 Å². The van der Waals surface area contributed by atoms with Crippen LogP contribution in [0.2, 0.25) is 0 Å². The van der Waals surface area contributed by atoms with E-state index in [1.54, 1.807) is 4.90 Å². The van der Waals surface area contributed by atoms with E-state index in [1.807, 2.05) is 6.92 Å². The summed E-state index contributed by atoms with van der Waals surface area (Å²) in [6, 6.07) is 2.55. The number of hydrogen-bond acceptors (Lipinski definition) is 5. The van der Waals surface area contributed by atoms with Crippen molar-refractivity contribution in [2.75, 3.05) is 22.2 Å². The van der Waals surface area contributed by atoms with Crippen LogP contribution in [-0.2, 0) is 9.84 Å². The van der Waals surface area contributed by atoms with E-state index < -0.39 is 27.5 Å². The molecule has 4 nitrogen and oxygen atoms in total. The molecule has 0 unspecified atom stereocenters. The molecule has 114 valence electrons. The molecule has 1 fully saturated rings. The average molecular weight is 332 g/mol. The lowest BCUT2D eigenvalue weighted by molar-refractivity contribution is 0.577. The molecule has 21 heavy (non-hydrogen) atoms. The van der Waals surface area contributed by atoms with Gasteiger partial charge in [0.25, 0.3) is 0 Å². The topological polar surface area (TPSA) is 49.7 Å². The van der Waals surface area contributed by atoms with Crippen molar-refractivity contribution in [2.45, 2.75) is 19.0 Å². The number of sulfone groups is 1. The van der Waals surface area contributed by atoms with Crippen LogP contribution in [0, 0.1) is 11.6 Å². The lowest BCUT2D eigenvalue weighted by atomic mass is 10.1. The van der Waals surface area contributed by atoms with Crippen molar-refractivity contribution < 1.29 is 17.2 Å². The molecule has 0 saturated carbocycles. The Morgan fingerprint density at radius 1 is 1.38 bits per heavy atom. The minimum absolute atomic E-state index is 0.00917. The van der Waals surface area contributed by atoms with Crippen LogP contribution in [0.5, 0.6) is 0 Å². The highest BCUT2D eigenvalue weighted by Crippen LogP contribution is 2.36. The van der Waals surface area contributed by atoms with Gasteiger partial charge in [-0.05, 0) is 17.9 Å². The molecule has 0 bridgehead atoms. The molecular formula is C13H14F2N2O2S2. The molecule has 2 atom stereocenters. The molecule has 0 aliphatic carbocycles. The van der Waals surface area contributed by atoms with Gasteiger partial charge in [-0.2, -0.15) is 0 Å². The smallest absolute Gasteiger partial charge is 0.164 e. The van der Waals surface area contributed by atoms with Crippen LogP contribution >= 0.6 is 11.8 Å². The van der Waals surface area contributed by atoms with Crippen LogP contribution in [0.25, 0.3) is 0 Å². The third-order valence-corrected chi connectivity index (χ3v) is 6.10. The van der Waals surface area contributed by atoms with E-state index in [0.717, 1.165) is 11.8 Å².